The minimum Gasteiger partial charge on any atom is -0.307 e. The normalized spacial score (nSPS) is 11.5. The third kappa shape index (κ3) is 6.88. The zero-order valence-electron chi connectivity index (χ0n) is 36.8. The Morgan fingerprint density at radius 1 is 0.294 bits per heavy atom. The summed E-state index contributed by atoms with van der Waals surface area (Å²) in [5.41, 5.74) is 15.1. The van der Waals surface area contributed by atoms with Crippen molar-refractivity contribution in [1.29, 1.82) is 0 Å². The Hall–Kier alpha value is -8.77. The highest BCUT2D eigenvalue weighted by atomic mass is 32.1. The molecule has 13 aromatic rings. The van der Waals surface area contributed by atoms with E-state index in [0.717, 1.165) is 72.4 Å². The second-order valence-electron chi connectivity index (χ2n) is 17.1. The maximum Gasteiger partial charge on any atom is 0.164 e. The van der Waals surface area contributed by atoms with Crippen LogP contribution in [0, 0.1) is 0 Å². The highest BCUT2D eigenvalue weighted by molar-refractivity contribution is 7.26. The number of para-hydroxylation sites is 1. The van der Waals surface area contributed by atoms with E-state index in [1.165, 1.54) is 36.5 Å². The van der Waals surface area contributed by atoms with Gasteiger partial charge in [0.1, 0.15) is 0 Å². The third-order valence-electron chi connectivity index (χ3n) is 13.1. The SMILES string of the molecule is c1ccc(-c2ccc(-c3nc(-c4ccc(-c5ccccc5)cc4)nc(-c4cc(-c5ccccc5)c(-n5c6ccccc6c6ccc7sc8ccccc8c7c65)c(-c5ccccc5)c4)n3)cc2)cc1. The molecular weight excluding hydrogens is 845 g/mol. The van der Waals surface area contributed by atoms with Crippen LogP contribution >= 0.6 is 11.3 Å². The van der Waals surface area contributed by atoms with Crippen LogP contribution in [0.4, 0.5) is 0 Å². The molecule has 13 rings (SSSR count). The molecule has 68 heavy (non-hydrogen) atoms. The smallest absolute Gasteiger partial charge is 0.164 e. The molecule has 0 N–H and O–H groups in total. The van der Waals surface area contributed by atoms with Crippen molar-refractivity contribution in [3.8, 4) is 84.4 Å². The summed E-state index contributed by atoms with van der Waals surface area (Å²) in [5.74, 6) is 1.81. The first-order valence-corrected chi connectivity index (χ1v) is 23.7. The van der Waals surface area contributed by atoms with Crippen molar-refractivity contribution in [3.05, 3.63) is 243 Å². The van der Waals surface area contributed by atoms with Gasteiger partial charge in [-0.1, -0.05) is 212 Å². The molecule has 10 aromatic carbocycles. The second-order valence-corrected chi connectivity index (χ2v) is 18.2. The van der Waals surface area contributed by atoms with E-state index >= 15 is 0 Å². The van der Waals surface area contributed by atoms with Crippen LogP contribution in [-0.4, -0.2) is 19.5 Å². The number of benzene rings is 10. The number of aromatic nitrogens is 4. The van der Waals surface area contributed by atoms with E-state index in [0.29, 0.717) is 17.5 Å². The van der Waals surface area contributed by atoms with Crippen molar-refractivity contribution in [2.24, 2.45) is 0 Å². The van der Waals surface area contributed by atoms with E-state index < -0.39 is 0 Å². The average molecular weight is 885 g/mol. The Labute approximate surface area is 397 Å². The van der Waals surface area contributed by atoms with Gasteiger partial charge in [-0.05, 0) is 63.7 Å². The van der Waals surface area contributed by atoms with Crippen molar-refractivity contribution in [3.63, 3.8) is 0 Å². The van der Waals surface area contributed by atoms with Gasteiger partial charge in [-0.25, -0.2) is 15.0 Å². The van der Waals surface area contributed by atoms with Crippen LogP contribution < -0.4 is 0 Å². The quantitative estimate of drug-likeness (QED) is 0.153. The van der Waals surface area contributed by atoms with Crippen LogP contribution in [0.15, 0.2) is 243 Å². The summed E-state index contributed by atoms with van der Waals surface area (Å²) in [5, 5.41) is 4.97. The molecule has 0 fully saturated rings. The summed E-state index contributed by atoms with van der Waals surface area (Å²) < 4.78 is 5.08. The zero-order valence-corrected chi connectivity index (χ0v) is 37.6. The lowest BCUT2D eigenvalue weighted by molar-refractivity contribution is 1.07. The van der Waals surface area contributed by atoms with E-state index in [1.807, 2.05) is 23.5 Å². The summed E-state index contributed by atoms with van der Waals surface area (Å²) >= 11 is 1.85. The van der Waals surface area contributed by atoms with Gasteiger partial charge in [-0.15, -0.1) is 11.3 Å². The molecule has 0 spiro atoms. The number of thiophene rings is 1. The summed E-state index contributed by atoms with van der Waals surface area (Å²) in [6.45, 7) is 0. The number of hydrogen-bond acceptors (Lipinski definition) is 4. The molecular formula is C63H40N4S. The summed E-state index contributed by atoms with van der Waals surface area (Å²) in [6.07, 6.45) is 0. The third-order valence-corrected chi connectivity index (χ3v) is 14.2. The van der Waals surface area contributed by atoms with Crippen molar-refractivity contribution >= 4 is 53.3 Å². The molecule has 3 heterocycles. The lowest BCUT2D eigenvalue weighted by Crippen LogP contribution is -2.04. The molecule has 5 heteroatoms. The Balaban J connectivity index is 1.09. The maximum atomic E-state index is 5.37. The maximum absolute atomic E-state index is 5.37. The topological polar surface area (TPSA) is 43.6 Å². The van der Waals surface area contributed by atoms with Gasteiger partial charge in [0.15, 0.2) is 17.5 Å². The highest BCUT2D eigenvalue weighted by Gasteiger charge is 2.25. The minimum atomic E-state index is 0.596. The van der Waals surface area contributed by atoms with E-state index in [1.54, 1.807) is 0 Å². The summed E-state index contributed by atoms with van der Waals surface area (Å²) in [6, 6.07) is 86.4. The Morgan fingerprint density at radius 2 is 0.706 bits per heavy atom. The fraction of sp³-hybridized carbons (Fsp3) is 0. The first-order chi connectivity index (χ1) is 33.7. The first-order valence-electron chi connectivity index (χ1n) is 22.9. The van der Waals surface area contributed by atoms with Crippen molar-refractivity contribution < 1.29 is 0 Å². The van der Waals surface area contributed by atoms with Crippen LogP contribution in [0.1, 0.15) is 0 Å². The number of hydrogen-bond donors (Lipinski definition) is 0. The van der Waals surface area contributed by atoms with E-state index in [9.17, 15) is 0 Å². The fourth-order valence-electron chi connectivity index (χ4n) is 9.83. The van der Waals surface area contributed by atoms with Gasteiger partial charge in [-0.3, -0.25) is 0 Å². The standard InChI is InChI=1S/C63H40N4S/c1-5-17-41(18-6-1)43-29-33-47(34-30-43)61-64-62(48-35-31-44(32-36-48)42-19-7-2-8-20-42)66-63(65-61)49-39-53(45-21-9-3-10-22-45)59(54(40-49)46-23-11-4-12-24-46)67-55-27-15-13-25-50(55)51-37-38-57-58(60(51)67)52-26-14-16-28-56(52)68-57/h1-40H. The average Bonchev–Trinajstić information content (AvgIpc) is 3.97. The molecule has 0 saturated carbocycles. The molecule has 0 aliphatic heterocycles. The molecule has 0 aliphatic carbocycles. The molecule has 0 bridgehead atoms. The van der Waals surface area contributed by atoms with Crippen LogP contribution in [0.25, 0.3) is 126 Å². The molecule has 0 unspecified atom stereocenters. The van der Waals surface area contributed by atoms with Gasteiger partial charge >= 0.3 is 0 Å². The zero-order chi connectivity index (χ0) is 45.0. The van der Waals surface area contributed by atoms with Gasteiger partial charge in [0.05, 0.1) is 16.7 Å². The molecule has 318 valence electrons. The molecule has 4 nitrogen and oxygen atoms in total. The van der Waals surface area contributed by atoms with Gasteiger partial charge in [0, 0.05) is 58.8 Å². The van der Waals surface area contributed by atoms with Crippen LogP contribution in [-0.2, 0) is 0 Å². The first kappa shape index (κ1) is 39.6. The number of fused-ring (bicyclic) bond motifs is 7. The van der Waals surface area contributed by atoms with Gasteiger partial charge in [-0.2, -0.15) is 0 Å². The van der Waals surface area contributed by atoms with Crippen molar-refractivity contribution in [2.75, 3.05) is 0 Å². The summed E-state index contributed by atoms with van der Waals surface area (Å²) in [4.78, 5) is 16.0. The molecule has 0 saturated heterocycles. The highest BCUT2D eigenvalue weighted by Crippen LogP contribution is 2.47. The van der Waals surface area contributed by atoms with E-state index in [2.05, 4.69) is 235 Å². The summed E-state index contributed by atoms with van der Waals surface area (Å²) in [7, 11) is 0. The Kier molecular flexibility index (Phi) is 9.66. The van der Waals surface area contributed by atoms with Crippen LogP contribution in [0.5, 0.6) is 0 Å². The predicted molar refractivity (Wildman–Crippen MR) is 285 cm³/mol. The molecule has 0 radical (unpaired) electrons. The predicted octanol–water partition coefficient (Wildman–Crippen LogP) is 17.0. The Morgan fingerprint density at radius 3 is 1.24 bits per heavy atom. The second kappa shape index (κ2) is 16.6. The van der Waals surface area contributed by atoms with Gasteiger partial charge in [0.25, 0.3) is 0 Å². The fourth-order valence-corrected chi connectivity index (χ4v) is 10.9. The van der Waals surface area contributed by atoms with Crippen molar-refractivity contribution in [2.45, 2.75) is 0 Å². The van der Waals surface area contributed by atoms with Gasteiger partial charge < -0.3 is 4.57 Å². The van der Waals surface area contributed by atoms with Crippen LogP contribution in [0.2, 0.25) is 0 Å². The monoisotopic (exact) mass is 884 g/mol. The van der Waals surface area contributed by atoms with E-state index in [4.69, 9.17) is 15.0 Å². The Bertz CT molecular complexity index is 3810. The molecule has 0 aliphatic rings. The lowest BCUT2D eigenvalue weighted by atomic mass is 9.92. The number of nitrogens with zero attached hydrogens (tertiary/aromatic N) is 4. The molecule has 0 amide bonds. The number of rotatable bonds is 8. The van der Waals surface area contributed by atoms with E-state index in [-0.39, 0.29) is 0 Å². The van der Waals surface area contributed by atoms with Crippen molar-refractivity contribution in [1.82, 2.24) is 19.5 Å². The van der Waals surface area contributed by atoms with Gasteiger partial charge in [0.2, 0.25) is 0 Å². The minimum absolute atomic E-state index is 0.596. The lowest BCUT2D eigenvalue weighted by Gasteiger charge is -2.21. The largest absolute Gasteiger partial charge is 0.307 e. The molecule has 0 atom stereocenters. The molecule has 3 aromatic heterocycles. The van der Waals surface area contributed by atoms with Crippen LogP contribution in [0.3, 0.4) is 0 Å².